The number of alkyl carbamates (subject to hydrolysis) is 2. The third kappa shape index (κ3) is 8.52. The largest absolute Gasteiger partial charge is 0.453 e. The third-order valence-electron chi connectivity index (χ3n) is 8.16. The molecule has 4 N–H and O–H groups in total. The van der Waals surface area contributed by atoms with Crippen molar-refractivity contribution in [3.8, 4) is 11.1 Å². The molecule has 6 amide bonds. The van der Waals surface area contributed by atoms with Gasteiger partial charge in [-0.25, -0.2) is 9.59 Å². The molecular weight excluding hydrogens is 596 g/mol. The number of carbonyl (C=O) groups excluding carboxylic acids is 6. The molecule has 14 nitrogen and oxygen atoms in total. The number of likely N-dealkylation sites (tertiary alicyclic amines) is 2. The Kier molecular flexibility index (Phi) is 11.2. The minimum atomic E-state index is -0.754. The average Bonchev–Trinajstić information content (AvgIpc) is 3.76. The van der Waals surface area contributed by atoms with Gasteiger partial charge in [0.25, 0.3) is 0 Å². The first kappa shape index (κ1) is 33.7. The van der Waals surface area contributed by atoms with Gasteiger partial charge in [-0.1, -0.05) is 24.3 Å². The average molecular weight is 637 g/mol. The fraction of sp³-hybridized carbons (Fsp3) is 0.438. The van der Waals surface area contributed by atoms with E-state index >= 15 is 0 Å². The number of amides is 6. The van der Waals surface area contributed by atoms with Crippen LogP contribution in [-0.4, -0.2) is 98.1 Å². The SMILES string of the molecule is COC(=O)N[C@@H](C)C(=O)N1CC[C@@H](C(=O)Nc2ccc(-c3ccc(NC(=O)[C@H]4CCN(C(=O)[C@@H](C)NC(=O)OC)C4)cc3)cc2)C1. The van der Waals surface area contributed by atoms with Crippen LogP contribution < -0.4 is 21.3 Å². The van der Waals surface area contributed by atoms with E-state index in [-0.39, 0.29) is 48.6 Å². The van der Waals surface area contributed by atoms with E-state index in [4.69, 9.17) is 0 Å². The van der Waals surface area contributed by atoms with E-state index in [1.807, 2.05) is 24.3 Å². The lowest BCUT2D eigenvalue weighted by Crippen LogP contribution is -2.46. The summed E-state index contributed by atoms with van der Waals surface area (Å²) in [6, 6.07) is 13.2. The van der Waals surface area contributed by atoms with Gasteiger partial charge in [-0.05, 0) is 62.1 Å². The predicted octanol–water partition coefficient (Wildman–Crippen LogP) is 2.42. The Bertz CT molecular complexity index is 1340. The molecular formula is C32H40N6O8. The number of hydrogen-bond acceptors (Lipinski definition) is 8. The molecule has 2 aliphatic rings. The molecule has 0 saturated carbocycles. The molecule has 46 heavy (non-hydrogen) atoms. The maximum Gasteiger partial charge on any atom is 0.407 e. The first-order valence-corrected chi connectivity index (χ1v) is 15.1. The Labute approximate surface area is 267 Å². The number of ether oxygens (including phenoxy) is 2. The Morgan fingerprint density at radius 3 is 1.30 bits per heavy atom. The highest BCUT2D eigenvalue weighted by atomic mass is 16.5. The molecule has 0 bridgehead atoms. The molecule has 4 atom stereocenters. The lowest BCUT2D eigenvalue weighted by atomic mass is 10.0. The van der Waals surface area contributed by atoms with Gasteiger partial charge in [-0.15, -0.1) is 0 Å². The Balaban J connectivity index is 1.24. The molecule has 14 heteroatoms. The summed E-state index contributed by atoms with van der Waals surface area (Å²) in [4.78, 5) is 76.9. The molecule has 2 aromatic carbocycles. The summed E-state index contributed by atoms with van der Waals surface area (Å²) >= 11 is 0. The molecule has 2 aromatic rings. The van der Waals surface area contributed by atoms with Crippen molar-refractivity contribution in [2.75, 3.05) is 51.0 Å². The number of methoxy groups -OCH3 is 2. The van der Waals surface area contributed by atoms with Crippen LogP contribution in [0.3, 0.4) is 0 Å². The van der Waals surface area contributed by atoms with Crippen molar-refractivity contribution in [1.82, 2.24) is 20.4 Å². The molecule has 246 valence electrons. The summed E-state index contributed by atoms with van der Waals surface area (Å²) in [6.45, 7) is 4.53. The van der Waals surface area contributed by atoms with Crippen molar-refractivity contribution in [1.29, 1.82) is 0 Å². The first-order valence-electron chi connectivity index (χ1n) is 15.1. The number of benzene rings is 2. The van der Waals surface area contributed by atoms with Crippen LogP contribution in [-0.2, 0) is 28.7 Å². The summed E-state index contributed by atoms with van der Waals surface area (Å²) in [6.07, 6.45) is -0.333. The van der Waals surface area contributed by atoms with Gasteiger partial charge in [0, 0.05) is 37.6 Å². The highest BCUT2D eigenvalue weighted by Crippen LogP contribution is 2.26. The third-order valence-corrected chi connectivity index (χ3v) is 8.16. The van der Waals surface area contributed by atoms with Crippen LogP contribution in [0.4, 0.5) is 21.0 Å². The topological polar surface area (TPSA) is 175 Å². The van der Waals surface area contributed by atoms with E-state index in [1.54, 1.807) is 47.9 Å². The van der Waals surface area contributed by atoms with Gasteiger partial charge >= 0.3 is 12.2 Å². The molecule has 2 fully saturated rings. The fourth-order valence-electron chi connectivity index (χ4n) is 5.47. The van der Waals surface area contributed by atoms with Crippen molar-refractivity contribution < 1.29 is 38.2 Å². The molecule has 2 heterocycles. The molecule has 4 rings (SSSR count). The second kappa shape index (κ2) is 15.2. The zero-order valence-electron chi connectivity index (χ0n) is 26.3. The lowest BCUT2D eigenvalue weighted by molar-refractivity contribution is -0.133. The van der Waals surface area contributed by atoms with Crippen LogP contribution >= 0.6 is 0 Å². The fourth-order valence-corrected chi connectivity index (χ4v) is 5.47. The number of rotatable bonds is 9. The van der Waals surface area contributed by atoms with Gasteiger partial charge in [0.2, 0.25) is 23.6 Å². The molecule has 2 saturated heterocycles. The Morgan fingerprint density at radius 1 is 0.630 bits per heavy atom. The lowest BCUT2D eigenvalue weighted by Gasteiger charge is -2.21. The molecule has 2 aliphatic heterocycles. The predicted molar refractivity (Wildman–Crippen MR) is 169 cm³/mol. The number of carbonyl (C=O) groups is 6. The maximum atomic E-state index is 12.9. The summed E-state index contributed by atoms with van der Waals surface area (Å²) in [5.74, 6) is -1.63. The van der Waals surface area contributed by atoms with E-state index in [9.17, 15) is 28.8 Å². The van der Waals surface area contributed by atoms with Crippen molar-refractivity contribution in [3.05, 3.63) is 48.5 Å². The van der Waals surface area contributed by atoms with Crippen molar-refractivity contribution >= 4 is 47.2 Å². The number of nitrogens with one attached hydrogen (secondary N) is 4. The highest BCUT2D eigenvalue weighted by molar-refractivity contribution is 5.95. The van der Waals surface area contributed by atoms with Crippen molar-refractivity contribution in [3.63, 3.8) is 0 Å². The van der Waals surface area contributed by atoms with Gasteiger partial charge in [-0.2, -0.15) is 0 Å². The summed E-state index contributed by atoms with van der Waals surface area (Å²) in [7, 11) is 2.45. The van der Waals surface area contributed by atoms with Gasteiger partial charge in [-0.3, -0.25) is 19.2 Å². The first-order chi connectivity index (χ1) is 22.0. The van der Waals surface area contributed by atoms with E-state index < -0.39 is 24.3 Å². The van der Waals surface area contributed by atoms with Crippen LogP contribution in [0.5, 0.6) is 0 Å². The maximum absolute atomic E-state index is 12.9. The quantitative estimate of drug-likeness (QED) is 0.325. The van der Waals surface area contributed by atoms with E-state index in [0.29, 0.717) is 37.3 Å². The van der Waals surface area contributed by atoms with Crippen LogP contribution in [0.1, 0.15) is 26.7 Å². The summed E-state index contributed by atoms with van der Waals surface area (Å²) in [5.41, 5.74) is 3.09. The van der Waals surface area contributed by atoms with Gasteiger partial charge in [0.05, 0.1) is 26.1 Å². The molecule has 0 aromatic heterocycles. The standard InChI is InChI=1S/C32H40N6O8/c1-19(33-31(43)45-3)29(41)37-15-13-23(17-37)27(39)35-25-9-5-21(6-10-25)22-7-11-26(12-8-22)36-28(40)24-14-16-38(18-24)30(42)20(2)34-32(44)46-4/h5-12,19-20,23-24H,13-18H2,1-4H3,(H,33,43)(H,34,44)(H,35,39)(H,36,40)/t19-,20+,23+,24-. The second-order valence-electron chi connectivity index (χ2n) is 11.4. The second-order valence-corrected chi connectivity index (χ2v) is 11.4. The smallest absolute Gasteiger partial charge is 0.407 e. The molecule has 0 spiro atoms. The number of anilines is 2. The van der Waals surface area contributed by atoms with Crippen LogP contribution in [0, 0.1) is 11.8 Å². The van der Waals surface area contributed by atoms with Crippen LogP contribution in [0.25, 0.3) is 11.1 Å². The zero-order chi connectivity index (χ0) is 33.4. The van der Waals surface area contributed by atoms with Gasteiger partial charge < -0.3 is 40.5 Å². The summed E-state index contributed by atoms with van der Waals surface area (Å²) < 4.78 is 9.07. The zero-order valence-corrected chi connectivity index (χ0v) is 26.3. The minimum Gasteiger partial charge on any atom is -0.453 e. The minimum absolute atomic E-state index is 0.182. The summed E-state index contributed by atoms with van der Waals surface area (Å²) in [5, 5.41) is 10.7. The van der Waals surface area contributed by atoms with Crippen LogP contribution in [0.15, 0.2) is 48.5 Å². The van der Waals surface area contributed by atoms with Gasteiger partial charge in [0.15, 0.2) is 0 Å². The monoisotopic (exact) mass is 636 g/mol. The molecule has 0 radical (unpaired) electrons. The van der Waals surface area contributed by atoms with Crippen molar-refractivity contribution in [2.45, 2.75) is 38.8 Å². The van der Waals surface area contributed by atoms with Gasteiger partial charge in [0.1, 0.15) is 12.1 Å². The Hall–Kier alpha value is -5.14. The number of hydrogen-bond donors (Lipinski definition) is 4. The normalized spacial score (nSPS) is 18.6. The highest BCUT2D eigenvalue weighted by Gasteiger charge is 2.34. The molecule has 0 unspecified atom stereocenters. The van der Waals surface area contributed by atoms with Crippen molar-refractivity contribution in [2.24, 2.45) is 11.8 Å². The van der Waals surface area contributed by atoms with Crippen LogP contribution in [0.2, 0.25) is 0 Å². The van der Waals surface area contributed by atoms with E-state index in [1.165, 1.54) is 14.2 Å². The van der Waals surface area contributed by atoms with E-state index in [2.05, 4.69) is 30.7 Å². The number of nitrogens with zero attached hydrogens (tertiary/aromatic N) is 2. The van der Waals surface area contributed by atoms with E-state index in [0.717, 1.165) is 11.1 Å². The molecule has 0 aliphatic carbocycles. The Morgan fingerprint density at radius 2 is 0.978 bits per heavy atom.